The summed E-state index contributed by atoms with van der Waals surface area (Å²) in [6.45, 7) is 11.7. The second kappa shape index (κ2) is 14.7. The van der Waals surface area contributed by atoms with E-state index in [4.69, 9.17) is 9.47 Å². The first kappa shape index (κ1) is 26.8. The number of benzene rings is 1. The lowest BCUT2D eigenvalue weighted by molar-refractivity contribution is 0.300. The van der Waals surface area contributed by atoms with Crippen molar-refractivity contribution in [2.24, 2.45) is 4.99 Å². The van der Waals surface area contributed by atoms with Gasteiger partial charge < -0.3 is 25.0 Å². The molecule has 2 N–H and O–H groups in total. The van der Waals surface area contributed by atoms with E-state index in [0.29, 0.717) is 6.04 Å². The van der Waals surface area contributed by atoms with Gasteiger partial charge >= 0.3 is 0 Å². The number of ether oxygens (including phenoxy) is 2. The molecule has 30 heavy (non-hydrogen) atoms. The Morgan fingerprint density at radius 1 is 1.17 bits per heavy atom. The zero-order chi connectivity index (χ0) is 21.1. The van der Waals surface area contributed by atoms with E-state index in [0.717, 1.165) is 76.1 Å². The highest BCUT2D eigenvalue weighted by Gasteiger charge is 2.23. The summed E-state index contributed by atoms with van der Waals surface area (Å²) in [6, 6.07) is 6.49. The predicted molar refractivity (Wildman–Crippen MR) is 136 cm³/mol. The molecule has 1 aromatic carbocycles. The Kier molecular flexibility index (Phi) is 13.1. The largest absolute Gasteiger partial charge is 0.497 e. The number of likely N-dealkylation sites (tertiary alicyclic amines) is 1. The number of guanidine groups is 1. The van der Waals surface area contributed by atoms with Crippen molar-refractivity contribution in [1.29, 1.82) is 0 Å². The molecule has 172 valence electrons. The van der Waals surface area contributed by atoms with Crippen LogP contribution in [0.4, 0.5) is 0 Å². The van der Waals surface area contributed by atoms with Crippen LogP contribution in [0.25, 0.3) is 0 Å². The van der Waals surface area contributed by atoms with E-state index < -0.39 is 0 Å². The lowest BCUT2D eigenvalue weighted by Crippen LogP contribution is -2.45. The number of hydrogen-bond donors (Lipinski definition) is 2. The first-order chi connectivity index (χ1) is 14.1. The van der Waals surface area contributed by atoms with Crippen LogP contribution in [-0.4, -0.2) is 82.3 Å². The summed E-state index contributed by atoms with van der Waals surface area (Å²) in [5.41, 5.74) is 1.21. The van der Waals surface area contributed by atoms with Gasteiger partial charge in [0.25, 0.3) is 0 Å². The van der Waals surface area contributed by atoms with Gasteiger partial charge in [-0.3, -0.25) is 9.89 Å². The highest BCUT2D eigenvalue weighted by molar-refractivity contribution is 14.0. The molecule has 1 aliphatic heterocycles. The first-order valence-electron chi connectivity index (χ1n) is 10.8. The summed E-state index contributed by atoms with van der Waals surface area (Å²) in [5.74, 6) is 2.57. The fourth-order valence-corrected chi connectivity index (χ4v) is 3.75. The molecule has 2 rings (SSSR count). The van der Waals surface area contributed by atoms with E-state index in [1.54, 1.807) is 14.2 Å². The van der Waals surface area contributed by atoms with Crippen molar-refractivity contribution >= 4 is 29.9 Å². The molecule has 0 saturated carbocycles. The molecule has 1 saturated heterocycles. The average Bonchev–Trinajstić information content (AvgIpc) is 3.19. The van der Waals surface area contributed by atoms with Crippen LogP contribution in [0.1, 0.15) is 32.3 Å². The zero-order valence-electron chi connectivity index (χ0n) is 19.2. The Morgan fingerprint density at radius 3 is 2.40 bits per heavy atom. The van der Waals surface area contributed by atoms with E-state index in [1.807, 2.05) is 13.1 Å². The van der Waals surface area contributed by atoms with Gasteiger partial charge in [-0.05, 0) is 50.2 Å². The Hall–Kier alpha value is -1.26. The Balaban J connectivity index is 0.00000450. The van der Waals surface area contributed by atoms with Crippen molar-refractivity contribution in [1.82, 2.24) is 20.4 Å². The van der Waals surface area contributed by atoms with Crippen LogP contribution in [0.15, 0.2) is 23.2 Å². The molecule has 0 amide bonds. The van der Waals surface area contributed by atoms with Crippen molar-refractivity contribution < 1.29 is 9.47 Å². The minimum Gasteiger partial charge on any atom is -0.497 e. The van der Waals surface area contributed by atoms with Gasteiger partial charge in [-0.1, -0.05) is 13.8 Å². The van der Waals surface area contributed by atoms with Gasteiger partial charge in [0.1, 0.15) is 11.5 Å². The summed E-state index contributed by atoms with van der Waals surface area (Å²) in [4.78, 5) is 9.29. The smallest absolute Gasteiger partial charge is 0.191 e. The average molecular weight is 533 g/mol. The minimum atomic E-state index is 0. The molecule has 0 aromatic heterocycles. The van der Waals surface area contributed by atoms with Gasteiger partial charge in [0, 0.05) is 45.3 Å². The molecular weight excluding hydrogens is 493 g/mol. The fraction of sp³-hybridized carbons (Fsp3) is 0.682. The first-order valence-corrected chi connectivity index (χ1v) is 10.8. The zero-order valence-corrected chi connectivity index (χ0v) is 21.6. The monoisotopic (exact) mass is 533 g/mol. The molecule has 0 radical (unpaired) electrons. The molecule has 0 aliphatic carbocycles. The van der Waals surface area contributed by atoms with Gasteiger partial charge in [-0.15, -0.1) is 24.0 Å². The SMILES string of the molecule is CCN(CC)CCCNC(=NC)NC1CCN(Cc2cc(OC)cc(OC)c2)C1.I. The van der Waals surface area contributed by atoms with Crippen LogP contribution < -0.4 is 20.1 Å². The summed E-state index contributed by atoms with van der Waals surface area (Å²) >= 11 is 0. The maximum absolute atomic E-state index is 5.39. The lowest BCUT2D eigenvalue weighted by atomic mass is 10.2. The van der Waals surface area contributed by atoms with E-state index in [2.05, 4.69) is 51.4 Å². The minimum absolute atomic E-state index is 0. The Labute approximate surface area is 199 Å². The van der Waals surface area contributed by atoms with E-state index in [1.165, 1.54) is 5.56 Å². The summed E-state index contributed by atoms with van der Waals surface area (Å²) in [7, 11) is 5.22. The molecule has 8 heteroatoms. The van der Waals surface area contributed by atoms with Crippen molar-refractivity contribution in [2.75, 3.05) is 60.5 Å². The highest BCUT2D eigenvalue weighted by Crippen LogP contribution is 2.24. The van der Waals surface area contributed by atoms with E-state index >= 15 is 0 Å². The summed E-state index contributed by atoms with van der Waals surface area (Å²) < 4.78 is 10.8. The van der Waals surface area contributed by atoms with Crippen LogP contribution in [0.3, 0.4) is 0 Å². The van der Waals surface area contributed by atoms with Gasteiger partial charge in [0.05, 0.1) is 14.2 Å². The van der Waals surface area contributed by atoms with Gasteiger partial charge in [-0.2, -0.15) is 0 Å². The molecule has 1 atom stereocenters. The normalized spacial score (nSPS) is 17.0. The quantitative estimate of drug-likeness (QED) is 0.198. The number of aliphatic imine (C=N–C) groups is 1. The molecule has 1 heterocycles. The van der Waals surface area contributed by atoms with Crippen molar-refractivity contribution in [3.05, 3.63) is 23.8 Å². The second-order valence-electron chi connectivity index (χ2n) is 7.47. The summed E-state index contributed by atoms with van der Waals surface area (Å²) in [5, 5.41) is 7.03. The van der Waals surface area contributed by atoms with Crippen molar-refractivity contribution in [2.45, 2.75) is 39.3 Å². The Bertz CT molecular complexity index is 618. The van der Waals surface area contributed by atoms with Crippen molar-refractivity contribution in [3.63, 3.8) is 0 Å². The standard InChI is InChI=1S/C22H39N5O2.HI/c1-6-26(7-2)11-8-10-24-22(23-3)25-19-9-12-27(17-19)16-18-13-20(28-4)15-21(14-18)29-5;/h13-15,19H,6-12,16-17H2,1-5H3,(H2,23,24,25);1H. The molecular formula is C22H40IN5O2. The lowest BCUT2D eigenvalue weighted by Gasteiger charge is -2.20. The molecule has 7 nitrogen and oxygen atoms in total. The second-order valence-corrected chi connectivity index (χ2v) is 7.47. The third-order valence-corrected chi connectivity index (χ3v) is 5.49. The molecule has 1 unspecified atom stereocenters. The van der Waals surface area contributed by atoms with Gasteiger partial charge in [-0.25, -0.2) is 0 Å². The van der Waals surface area contributed by atoms with E-state index in [9.17, 15) is 0 Å². The van der Waals surface area contributed by atoms with Crippen LogP contribution >= 0.6 is 24.0 Å². The number of nitrogens with one attached hydrogen (secondary N) is 2. The number of halogens is 1. The third kappa shape index (κ3) is 8.85. The number of methoxy groups -OCH3 is 2. The van der Waals surface area contributed by atoms with Gasteiger partial charge in [0.2, 0.25) is 0 Å². The number of nitrogens with zero attached hydrogens (tertiary/aromatic N) is 3. The van der Waals surface area contributed by atoms with Crippen LogP contribution in [0.2, 0.25) is 0 Å². The van der Waals surface area contributed by atoms with Crippen LogP contribution in [0, 0.1) is 0 Å². The topological polar surface area (TPSA) is 61.4 Å². The molecule has 1 fully saturated rings. The third-order valence-electron chi connectivity index (χ3n) is 5.49. The summed E-state index contributed by atoms with van der Waals surface area (Å²) in [6.07, 6.45) is 2.23. The molecule has 1 aromatic rings. The van der Waals surface area contributed by atoms with Crippen molar-refractivity contribution in [3.8, 4) is 11.5 Å². The van der Waals surface area contributed by atoms with E-state index in [-0.39, 0.29) is 24.0 Å². The highest BCUT2D eigenvalue weighted by atomic mass is 127. The maximum atomic E-state index is 5.39. The van der Waals surface area contributed by atoms with Crippen LogP contribution in [0.5, 0.6) is 11.5 Å². The molecule has 1 aliphatic rings. The predicted octanol–water partition coefficient (Wildman–Crippen LogP) is 2.79. The van der Waals surface area contributed by atoms with Crippen LogP contribution in [-0.2, 0) is 6.54 Å². The molecule has 0 bridgehead atoms. The Morgan fingerprint density at radius 2 is 1.83 bits per heavy atom. The molecule has 0 spiro atoms. The fourth-order valence-electron chi connectivity index (χ4n) is 3.75. The van der Waals surface area contributed by atoms with Gasteiger partial charge in [0.15, 0.2) is 5.96 Å². The maximum Gasteiger partial charge on any atom is 0.191 e. The number of hydrogen-bond acceptors (Lipinski definition) is 5. The number of rotatable bonds is 11.